The Balaban J connectivity index is 2.13. The number of carbonyl (C=O) groups is 2. The molecule has 0 atom stereocenters. The quantitative estimate of drug-likeness (QED) is 0.794. The van der Waals surface area contributed by atoms with Gasteiger partial charge in [-0.3, -0.25) is 9.59 Å². The average molecular weight is 280 g/mol. The Labute approximate surface area is 123 Å². The number of hydrogen-bond acceptors (Lipinski definition) is 3. The number of aryl methyl sites for hydroxylation is 1. The minimum absolute atomic E-state index is 0.255. The molecular formula is C17H16N2O2. The second-order valence-electron chi connectivity index (χ2n) is 5.36. The van der Waals surface area contributed by atoms with Gasteiger partial charge in [0, 0.05) is 19.8 Å². The maximum Gasteiger partial charge on any atom is 0.266 e. The smallest absolute Gasteiger partial charge is 0.266 e. The van der Waals surface area contributed by atoms with Crippen molar-refractivity contribution in [3.8, 4) is 0 Å². The lowest BCUT2D eigenvalue weighted by atomic mass is 10.1. The van der Waals surface area contributed by atoms with Crippen LogP contribution in [0.1, 0.15) is 26.3 Å². The lowest BCUT2D eigenvalue weighted by Crippen LogP contribution is -2.30. The van der Waals surface area contributed by atoms with E-state index in [1.807, 2.05) is 44.1 Å². The summed E-state index contributed by atoms with van der Waals surface area (Å²) in [6.45, 7) is 1.90. The second-order valence-corrected chi connectivity index (χ2v) is 5.36. The Kier molecular flexibility index (Phi) is 3.01. The number of rotatable bonds is 2. The fraction of sp³-hybridized carbons (Fsp3) is 0.176. The Morgan fingerprint density at radius 3 is 2.00 bits per heavy atom. The fourth-order valence-electron chi connectivity index (χ4n) is 2.52. The highest BCUT2D eigenvalue weighted by atomic mass is 16.2. The van der Waals surface area contributed by atoms with Gasteiger partial charge in [0.05, 0.1) is 16.8 Å². The van der Waals surface area contributed by atoms with E-state index in [2.05, 4.69) is 0 Å². The van der Waals surface area contributed by atoms with Gasteiger partial charge < -0.3 is 4.90 Å². The molecule has 2 aromatic carbocycles. The normalized spacial score (nSPS) is 13.6. The molecule has 0 N–H and O–H groups in total. The van der Waals surface area contributed by atoms with Crippen molar-refractivity contribution in [1.29, 1.82) is 0 Å². The molecule has 4 nitrogen and oxygen atoms in total. The van der Waals surface area contributed by atoms with Crippen LogP contribution in [0.2, 0.25) is 0 Å². The highest BCUT2D eigenvalue weighted by molar-refractivity contribution is 6.34. The van der Waals surface area contributed by atoms with Crippen molar-refractivity contribution in [3.05, 3.63) is 59.2 Å². The monoisotopic (exact) mass is 280 g/mol. The molecule has 0 aromatic heterocycles. The van der Waals surface area contributed by atoms with Crippen LogP contribution < -0.4 is 9.80 Å². The van der Waals surface area contributed by atoms with Crippen LogP contribution in [-0.2, 0) is 0 Å². The van der Waals surface area contributed by atoms with Gasteiger partial charge in [-0.05, 0) is 36.8 Å². The summed E-state index contributed by atoms with van der Waals surface area (Å²) in [4.78, 5) is 28.3. The molecule has 106 valence electrons. The number of fused-ring (bicyclic) bond motifs is 1. The van der Waals surface area contributed by atoms with Crippen LogP contribution in [-0.4, -0.2) is 25.9 Å². The van der Waals surface area contributed by atoms with E-state index in [0.29, 0.717) is 16.8 Å². The van der Waals surface area contributed by atoms with E-state index in [1.54, 1.807) is 24.3 Å². The van der Waals surface area contributed by atoms with Gasteiger partial charge in [0.15, 0.2) is 0 Å². The number of hydrogen-bond donors (Lipinski definition) is 0. The van der Waals surface area contributed by atoms with Crippen LogP contribution in [0.25, 0.3) is 0 Å². The number of benzene rings is 2. The van der Waals surface area contributed by atoms with Crippen molar-refractivity contribution in [2.24, 2.45) is 0 Å². The van der Waals surface area contributed by atoms with E-state index in [1.165, 1.54) is 4.90 Å². The van der Waals surface area contributed by atoms with Gasteiger partial charge in [0.1, 0.15) is 0 Å². The van der Waals surface area contributed by atoms with Crippen molar-refractivity contribution in [2.45, 2.75) is 6.92 Å². The van der Waals surface area contributed by atoms with Crippen LogP contribution >= 0.6 is 0 Å². The summed E-state index contributed by atoms with van der Waals surface area (Å²) in [7, 11) is 3.85. The first kappa shape index (κ1) is 13.4. The molecule has 1 aliphatic heterocycles. The minimum Gasteiger partial charge on any atom is -0.378 e. The molecule has 2 amide bonds. The second kappa shape index (κ2) is 4.74. The Hall–Kier alpha value is -2.62. The van der Waals surface area contributed by atoms with Gasteiger partial charge >= 0.3 is 0 Å². The zero-order valence-electron chi connectivity index (χ0n) is 12.3. The predicted molar refractivity (Wildman–Crippen MR) is 83.1 cm³/mol. The lowest BCUT2D eigenvalue weighted by molar-refractivity contribution is 0.0926. The van der Waals surface area contributed by atoms with E-state index in [9.17, 15) is 9.59 Å². The summed E-state index contributed by atoms with van der Waals surface area (Å²) in [5.41, 5.74) is 3.43. The Morgan fingerprint density at radius 1 is 0.905 bits per heavy atom. The lowest BCUT2D eigenvalue weighted by Gasteiger charge is -2.20. The van der Waals surface area contributed by atoms with Crippen molar-refractivity contribution in [3.63, 3.8) is 0 Å². The molecular weight excluding hydrogens is 264 g/mol. The third kappa shape index (κ3) is 2.00. The largest absolute Gasteiger partial charge is 0.378 e. The first-order chi connectivity index (χ1) is 10.0. The summed E-state index contributed by atoms with van der Waals surface area (Å²) in [6, 6.07) is 12.7. The maximum absolute atomic E-state index is 12.5. The number of carbonyl (C=O) groups excluding carboxylic acids is 2. The average Bonchev–Trinajstić information content (AvgIpc) is 2.72. The van der Waals surface area contributed by atoms with E-state index >= 15 is 0 Å². The van der Waals surface area contributed by atoms with Gasteiger partial charge in [-0.25, -0.2) is 4.90 Å². The first-order valence-corrected chi connectivity index (χ1v) is 6.76. The first-order valence-electron chi connectivity index (χ1n) is 6.76. The van der Waals surface area contributed by atoms with Gasteiger partial charge in [-0.15, -0.1) is 0 Å². The molecule has 0 aliphatic carbocycles. The van der Waals surface area contributed by atoms with Crippen molar-refractivity contribution >= 4 is 23.2 Å². The molecule has 0 unspecified atom stereocenters. The SMILES string of the molecule is Cc1ccc(N(C)C)cc1N1C(=O)c2ccccc2C1=O. The van der Waals surface area contributed by atoms with Crippen LogP contribution in [0, 0.1) is 6.92 Å². The molecule has 0 saturated heterocycles. The number of anilines is 2. The van der Waals surface area contributed by atoms with Gasteiger partial charge in [0.25, 0.3) is 11.8 Å². The molecule has 0 spiro atoms. The topological polar surface area (TPSA) is 40.6 Å². The number of nitrogens with zero attached hydrogens (tertiary/aromatic N) is 2. The fourth-order valence-corrected chi connectivity index (χ4v) is 2.52. The van der Waals surface area contributed by atoms with Crippen LogP contribution in [0.3, 0.4) is 0 Å². The third-order valence-corrected chi connectivity index (χ3v) is 3.74. The zero-order chi connectivity index (χ0) is 15.1. The molecule has 1 heterocycles. The number of amides is 2. The molecule has 0 radical (unpaired) electrons. The van der Waals surface area contributed by atoms with E-state index in [0.717, 1.165) is 11.3 Å². The van der Waals surface area contributed by atoms with Gasteiger partial charge in [-0.2, -0.15) is 0 Å². The summed E-state index contributed by atoms with van der Waals surface area (Å²) in [5.74, 6) is -0.510. The van der Waals surface area contributed by atoms with Crippen molar-refractivity contribution < 1.29 is 9.59 Å². The molecule has 0 bridgehead atoms. The van der Waals surface area contributed by atoms with E-state index in [4.69, 9.17) is 0 Å². The van der Waals surface area contributed by atoms with Gasteiger partial charge in [0.2, 0.25) is 0 Å². The van der Waals surface area contributed by atoms with Crippen molar-refractivity contribution in [2.75, 3.05) is 23.9 Å². The van der Waals surface area contributed by atoms with Gasteiger partial charge in [-0.1, -0.05) is 18.2 Å². The summed E-state index contributed by atoms with van der Waals surface area (Å²) >= 11 is 0. The summed E-state index contributed by atoms with van der Waals surface area (Å²) < 4.78 is 0. The maximum atomic E-state index is 12.5. The Morgan fingerprint density at radius 2 is 1.48 bits per heavy atom. The highest BCUT2D eigenvalue weighted by Gasteiger charge is 2.37. The molecule has 4 heteroatoms. The predicted octanol–water partition coefficient (Wildman–Crippen LogP) is 2.86. The van der Waals surface area contributed by atoms with Crippen LogP contribution in [0.4, 0.5) is 11.4 Å². The van der Waals surface area contributed by atoms with E-state index in [-0.39, 0.29) is 11.8 Å². The third-order valence-electron chi connectivity index (χ3n) is 3.74. The van der Waals surface area contributed by atoms with Crippen molar-refractivity contribution in [1.82, 2.24) is 0 Å². The highest BCUT2D eigenvalue weighted by Crippen LogP contribution is 2.32. The summed E-state index contributed by atoms with van der Waals surface area (Å²) in [5, 5.41) is 0. The number of imide groups is 1. The Bertz CT molecular complexity index is 715. The van der Waals surface area contributed by atoms with E-state index < -0.39 is 0 Å². The molecule has 1 aliphatic rings. The minimum atomic E-state index is -0.255. The van der Waals surface area contributed by atoms with Crippen LogP contribution in [0.15, 0.2) is 42.5 Å². The molecule has 0 saturated carbocycles. The molecule has 0 fully saturated rings. The summed E-state index contributed by atoms with van der Waals surface area (Å²) in [6.07, 6.45) is 0. The molecule has 2 aromatic rings. The van der Waals surface area contributed by atoms with Crippen LogP contribution in [0.5, 0.6) is 0 Å². The molecule has 21 heavy (non-hydrogen) atoms. The molecule has 3 rings (SSSR count). The zero-order valence-corrected chi connectivity index (χ0v) is 12.3. The standard InChI is InChI=1S/C17H16N2O2/c1-11-8-9-12(18(2)3)10-15(11)19-16(20)13-6-4-5-7-14(13)17(19)21/h4-10H,1-3H3.